The Bertz CT molecular complexity index is 409. The first kappa shape index (κ1) is 14.6. The smallest absolute Gasteiger partial charge is 0.310 e. The number of benzene rings is 1. The van der Waals surface area contributed by atoms with Gasteiger partial charge in [-0.05, 0) is 19.1 Å². The quantitative estimate of drug-likeness (QED) is 0.808. The van der Waals surface area contributed by atoms with Crippen LogP contribution in [-0.2, 0) is 9.53 Å². The van der Waals surface area contributed by atoms with Crippen LogP contribution in [0.4, 0.5) is 5.69 Å². The molecule has 1 rings (SSSR count). The maximum Gasteiger partial charge on any atom is 0.310 e. The Morgan fingerprint density at radius 3 is 2.83 bits per heavy atom. The van der Waals surface area contributed by atoms with E-state index in [1.54, 1.807) is 39.2 Å². The van der Waals surface area contributed by atoms with Crippen molar-refractivity contribution in [3.8, 4) is 5.75 Å². The molecular weight excluding hydrogens is 254 g/mol. The molecule has 0 aromatic heterocycles. The normalized spacial score (nSPS) is 11.8. The molecule has 0 amide bonds. The first-order chi connectivity index (χ1) is 8.58. The maximum atomic E-state index is 11.5. The van der Waals surface area contributed by atoms with E-state index in [0.29, 0.717) is 23.9 Å². The SMILES string of the molecule is CCOC(=O)C(C)CNc1cc(OC)ccc1Cl. The summed E-state index contributed by atoms with van der Waals surface area (Å²) < 4.78 is 10.0. The summed E-state index contributed by atoms with van der Waals surface area (Å²) in [7, 11) is 1.59. The lowest BCUT2D eigenvalue weighted by Crippen LogP contribution is -2.22. The molecule has 0 aliphatic rings. The molecule has 1 unspecified atom stereocenters. The molecule has 0 saturated carbocycles. The van der Waals surface area contributed by atoms with E-state index in [1.807, 2.05) is 0 Å². The first-order valence-electron chi connectivity index (χ1n) is 5.82. The van der Waals surface area contributed by atoms with E-state index in [4.69, 9.17) is 21.1 Å². The second kappa shape index (κ2) is 7.11. The molecule has 0 aliphatic carbocycles. The molecule has 100 valence electrons. The molecule has 1 atom stereocenters. The Morgan fingerprint density at radius 1 is 1.50 bits per heavy atom. The van der Waals surface area contributed by atoms with Crippen molar-refractivity contribution in [2.75, 3.05) is 25.6 Å². The van der Waals surface area contributed by atoms with Crippen LogP contribution in [-0.4, -0.2) is 26.2 Å². The van der Waals surface area contributed by atoms with Crippen LogP contribution in [0.3, 0.4) is 0 Å². The van der Waals surface area contributed by atoms with E-state index in [9.17, 15) is 4.79 Å². The summed E-state index contributed by atoms with van der Waals surface area (Å²) in [5.74, 6) is 0.266. The van der Waals surface area contributed by atoms with Crippen LogP contribution in [0.1, 0.15) is 13.8 Å². The Labute approximate surface area is 112 Å². The van der Waals surface area contributed by atoms with Gasteiger partial charge in [-0.25, -0.2) is 0 Å². The minimum Gasteiger partial charge on any atom is -0.497 e. The predicted molar refractivity (Wildman–Crippen MR) is 72.3 cm³/mol. The summed E-state index contributed by atoms with van der Waals surface area (Å²) in [6.45, 7) is 4.45. The number of anilines is 1. The molecule has 0 spiro atoms. The summed E-state index contributed by atoms with van der Waals surface area (Å²) in [5, 5.41) is 3.70. The second-order valence-electron chi connectivity index (χ2n) is 3.88. The van der Waals surface area contributed by atoms with Crippen LogP contribution in [0, 0.1) is 5.92 Å². The Balaban J connectivity index is 2.60. The molecule has 0 radical (unpaired) electrons. The fourth-order valence-corrected chi connectivity index (χ4v) is 1.58. The monoisotopic (exact) mass is 271 g/mol. The summed E-state index contributed by atoms with van der Waals surface area (Å²) in [4.78, 5) is 11.5. The first-order valence-corrected chi connectivity index (χ1v) is 6.20. The molecule has 5 heteroatoms. The van der Waals surface area contributed by atoms with E-state index >= 15 is 0 Å². The number of halogens is 1. The summed E-state index contributed by atoms with van der Waals surface area (Å²) >= 11 is 6.04. The lowest BCUT2D eigenvalue weighted by atomic mass is 10.2. The van der Waals surface area contributed by atoms with Gasteiger partial charge in [0.05, 0.1) is 30.3 Å². The van der Waals surface area contributed by atoms with Gasteiger partial charge in [0.25, 0.3) is 0 Å². The zero-order valence-electron chi connectivity index (χ0n) is 10.8. The third-order valence-electron chi connectivity index (χ3n) is 2.46. The van der Waals surface area contributed by atoms with Crippen molar-refractivity contribution in [3.05, 3.63) is 23.2 Å². The van der Waals surface area contributed by atoms with E-state index < -0.39 is 0 Å². The fourth-order valence-electron chi connectivity index (χ4n) is 1.40. The van der Waals surface area contributed by atoms with Crippen LogP contribution in [0.15, 0.2) is 18.2 Å². The van der Waals surface area contributed by atoms with E-state index in [-0.39, 0.29) is 11.9 Å². The lowest BCUT2D eigenvalue weighted by molar-refractivity contribution is -0.146. The molecule has 0 fully saturated rings. The number of carbonyl (C=O) groups is 1. The van der Waals surface area contributed by atoms with Gasteiger partial charge < -0.3 is 14.8 Å². The van der Waals surface area contributed by atoms with Crippen molar-refractivity contribution in [2.45, 2.75) is 13.8 Å². The van der Waals surface area contributed by atoms with Crippen molar-refractivity contribution >= 4 is 23.3 Å². The zero-order valence-corrected chi connectivity index (χ0v) is 11.6. The summed E-state index contributed by atoms with van der Waals surface area (Å²) in [6, 6.07) is 5.32. The van der Waals surface area contributed by atoms with Gasteiger partial charge in [0.1, 0.15) is 5.75 Å². The standard InChI is InChI=1S/C13H18ClNO3/c1-4-18-13(16)9(2)8-15-12-7-10(17-3)5-6-11(12)14/h5-7,9,15H,4,8H2,1-3H3. The average Bonchev–Trinajstić information content (AvgIpc) is 2.37. The minimum absolute atomic E-state index is 0.219. The number of ether oxygens (including phenoxy) is 2. The van der Waals surface area contributed by atoms with Crippen LogP contribution in [0.5, 0.6) is 5.75 Å². The van der Waals surface area contributed by atoms with Gasteiger partial charge in [0, 0.05) is 12.6 Å². The lowest BCUT2D eigenvalue weighted by Gasteiger charge is -2.14. The molecule has 1 aromatic carbocycles. The number of nitrogens with one attached hydrogen (secondary N) is 1. The Hall–Kier alpha value is -1.42. The number of hydrogen-bond donors (Lipinski definition) is 1. The molecule has 1 N–H and O–H groups in total. The second-order valence-corrected chi connectivity index (χ2v) is 4.29. The van der Waals surface area contributed by atoms with Gasteiger partial charge >= 0.3 is 5.97 Å². The van der Waals surface area contributed by atoms with Crippen molar-refractivity contribution in [1.82, 2.24) is 0 Å². The topological polar surface area (TPSA) is 47.6 Å². The number of carbonyl (C=O) groups excluding carboxylic acids is 1. The molecule has 1 aromatic rings. The highest BCUT2D eigenvalue weighted by molar-refractivity contribution is 6.33. The van der Waals surface area contributed by atoms with Gasteiger partial charge in [0.15, 0.2) is 0 Å². The molecule has 0 bridgehead atoms. The van der Waals surface area contributed by atoms with Crippen molar-refractivity contribution < 1.29 is 14.3 Å². The van der Waals surface area contributed by atoms with Crippen LogP contribution < -0.4 is 10.1 Å². The van der Waals surface area contributed by atoms with Crippen molar-refractivity contribution in [3.63, 3.8) is 0 Å². The van der Waals surface area contributed by atoms with Gasteiger partial charge in [0.2, 0.25) is 0 Å². The highest BCUT2D eigenvalue weighted by atomic mass is 35.5. The highest BCUT2D eigenvalue weighted by Crippen LogP contribution is 2.26. The third-order valence-corrected chi connectivity index (χ3v) is 2.79. The number of esters is 1. The van der Waals surface area contributed by atoms with Crippen LogP contribution in [0.25, 0.3) is 0 Å². The summed E-state index contributed by atoms with van der Waals surface area (Å²) in [5.41, 5.74) is 0.743. The Morgan fingerprint density at radius 2 is 2.22 bits per heavy atom. The molecule has 0 saturated heterocycles. The molecular formula is C13H18ClNO3. The average molecular weight is 272 g/mol. The van der Waals surface area contributed by atoms with Crippen molar-refractivity contribution in [1.29, 1.82) is 0 Å². The summed E-state index contributed by atoms with van der Waals surface area (Å²) in [6.07, 6.45) is 0. The predicted octanol–water partition coefficient (Wildman–Crippen LogP) is 2.96. The van der Waals surface area contributed by atoms with Crippen molar-refractivity contribution in [2.24, 2.45) is 5.92 Å². The van der Waals surface area contributed by atoms with Gasteiger partial charge in [-0.1, -0.05) is 18.5 Å². The maximum absolute atomic E-state index is 11.5. The van der Waals surface area contributed by atoms with Gasteiger partial charge in [-0.3, -0.25) is 4.79 Å². The number of rotatable bonds is 6. The molecule has 4 nitrogen and oxygen atoms in total. The molecule has 0 aliphatic heterocycles. The van der Waals surface area contributed by atoms with E-state index in [0.717, 1.165) is 5.69 Å². The Kier molecular flexibility index (Phi) is 5.78. The van der Waals surface area contributed by atoms with E-state index in [2.05, 4.69) is 5.32 Å². The largest absolute Gasteiger partial charge is 0.497 e. The zero-order chi connectivity index (χ0) is 13.5. The van der Waals surface area contributed by atoms with Crippen LogP contribution in [0.2, 0.25) is 5.02 Å². The number of hydrogen-bond acceptors (Lipinski definition) is 4. The molecule has 0 heterocycles. The third kappa shape index (κ3) is 4.11. The van der Waals surface area contributed by atoms with Crippen LogP contribution >= 0.6 is 11.6 Å². The van der Waals surface area contributed by atoms with Gasteiger partial charge in [-0.2, -0.15) is 0 Å². The molecule has 18 heavy (non-hydrogen) atoms. The fraction of sp³-hybridized carbons (Fsp3) is 0.462. The van der Waals surface area contributed by atoms with E-state index in [1.165, 1.54) is 0 Å². The number of methoxy groups -OCH3 is 1. The highest BCUT2D eigenvalue weighted by Gasteiger charge is 2.14. The van der Waals surface area contributed by atoms with Gasteiger partial charge in [-0.15, -0.1) is 0 Å². The minimum atomic E-state index is -0.229.